The summed E-state index contributed by atoms with van der Waals surface area (Å²) in [6.07, 6.45) is 5.12. The molecule has 3 heterocycles. The van der Waals surface area contributed by atoms with Crippen molar-refractivity contribution >= 4 is 39.6 Å². The van der Waals surface area contributed by atoms with Gasteiger partial charge >= 0.3 is 0 Å². The Labute approximate surface area is 313 Å². The molecule has 15 heteroatoms. The fraction of sp³-hybridized carbons (Fsp3) is 0.333. The number of hydrogen-bond acceptors (Lipinski definition) is 11. The number of nitrogens with one attached hydrogen (secondary N) is 2. The van der Waals surface area contributed by atoms with Crippen LogP contribution < -0.4 is 24.2 Å². The van der Waals surface area contributed by atoms with Crippen molar-refractivity contribution < 1.29 is 41.8 Å². The predicted octanol–water partition coefficient (Wildman–Crippen LogP) is 4.78. The Morgan fingerprint density at radius 1 is 0.796 bits per heavy atom. The number of fused-ring (bicyclic) bond motifs is 1. The zero-order valence-electron chi connectivity index (χ0n) is 30.2. The Morgan fingerprint density at radius 3 is 2.02 bits per heavy atom. The van der Waals surface area contributed by atoms with E-state index in [1.165, 1.54) is 18.3 Å². The van der Waals surface area contributed by atoms with E-state index in [4.69, 9.17) is 14.2 Å². The molecule has 3 aromatic carbocycles. The van der Waals surface area contributed by atoms with Crippen LogP contribution in [0.4, 0.5) is 5.95 Å². The molecule has 1 saturated heterocycles. The van der Waals surface area contributed by atoms with Gasteiger partial charge < -0.3 is 14.2 Å². The Morgan fingerprint density at radius 2 is 1.39 bits per heavy atom. The number of carbonyl (C=O) groups excluding carboxylic acids is 4. The van der Waals surface area contributed by atoms with E-state index < -0.39 is 39.7 Å². The van der Waals surface area contributed by atoms with Gasteiger partial charge in [-0.05, 0) is 85.3 Å². The molecule has 0 saturated carbocycles. The average Bonchev–Trinajstić information content (AvgIpc) is 3.38. The fourth-order valence-corrected chi connectivity index (χ4v) is 6.68. The van der Waals surface area contributed by atoms with Gasteiger partial charge in [0.15, 0.2) is 0 Å². The van der Waals surface area contributed by atoms with E-state index in [0.29, 0.717) is 30.4 Å². The summed E-state index contributed by atoms with van der Waals surface area (Å²) in [7, 11) is -3.48. The third-order valence-electron chi connectivity index (χ3n) is 9.27. The van der Waals surface area contributed by atoms with E-state index >= 15 is 0 Å². The van der Waals surface area contributed by atoms with Gasteiger partial charge in [0.05, 0.1) is 36.3 Å². The molecular formula is C39H41N5O9S. The summed E-state index contributed by atoms with van der Waals surface area (Å²) in [5, 5.41) is 2.19. The molecule has 2 aliphatic heterocycles. The highest BCUT2D eigenvalue weighted by molar-refractivity contribution is 7.92. The first-order valence-electron chi connectivity index (χ1n) is 17.5. The molecular weight excluding hydrogens is 715 g/mol. The summed E-state index contributed by atoms with van der Waals surface area (Å²) in [6, 6.07) is 21.2. The monoisotopic (exact) mass is 755 g/mol. The van der Waals surface area contributed by atoms with Crippen molar-refractivity contribution in [2.75, 3.05) is 24.2 Å². The van der Waals surface area contributed by atoms with Crippen molar-refractivity contribution in [1.82, 2.24) is 20.2 Å². The van der Waals surface area contributed by atoms with Gasteiger partial charge in [-0.25, -0.2) is 18.4 Å². The second-order valence-electron chi connectivity index (χ2n) is 13.6. The van der Waals surface area contributed by atoms with Crippen LogP contribution in [0.15, 0.2) is 79.0 Å². The van der Waals surface area contributed by atoms with Gasteiger partial charge in [0.25, 0.3) is 11.8 Å². The lowest BCUT2D eigenvalue weighted by Gasteiger charge is -2.27. The number of unbranched alkanes of at least 4 members (excludes halogenated alkanes) is 2. The lowest BCUT2D eigenvalue weighted by Crippen LogP contribution is -2.54. The molecule has 1 fully saturated rings. The van der Waals surface area contributed by atoms with Crippen molar-refractivity contribution in [3.63, 3.8) is 0 Å². The summed E-state index contributed by atoms with van der Waals surface area (Å²) in [6.45, 7) is 5.41. The third kappa shape index (κ3) is 9.02. The molecule has 1 unspecified atom stereocenters. The lowest BCUT2D eigenvalue weighted by molar-refractivity contribution is -0.136. The van der Waals surface area contributed by atoms with Gasteiger partial charge in [0.1, 0.15) is 29.9 Å². The SMILES string of the molecule is CC(C)(c1ccc(OCCCCCOc2ccc3c(c2)C(=O)N(C2CCC(=O)NC2=O)C3=O)cc1)c1ccc(OCc2ccnc(NS(C)(=O)=O)n2)cc1. The first-order chi connectivity index (χ1) is 25.8. The number of hydrogen-bond donors (Lipinski definition) is 2. The Hall–Kier alpha value is -5.83. The maximum absolute atomic E-state index is 13.0. The lowest BCUT2D eigenvalue weighted by atomic mass is 9.78. The molecule has 282 valence electrons. The first-order valence-corrected chi connectivity index (χ1v) is 19.4. The summed E-state index contributed by atoms with van der Waals surface area (Å²) in [5.41, 5.74) is 2.87. The number of rotatable bonds is 16. The van der Waals surface area contributed by atoms with Crippen LogP contribution >= 0.6 is 0 Å². The molecule has 6 rings (SSSR count). The fourth-order valence-electron chi connectivity index (χ4n) is 6.25. The number of piperidine rings is 1. The van der Waals surface area contributed by atoms with Crippen LogP contribution in [-0.2, 0) is 31.6 Å². The highest BCUT2D eigenvalue weighted by Gasteiger charge is 2.44. The van der Waals surface area contributed by atoms with Crippen LogP contribution in [0.3, 0.4) is 0 Å². The third-order valence-corrected chi connectivity index (χ3v) is 9.82. The van der Waals surface area contributed by atoms with Crippen LogP contribution in [-0.4, -0.2) is 72.4 Å². The number of amides is 4. The second kappa shape index (κ2) is 16.0. The van der Waals surface area contributed by atoms with E-state index in [0.717, 1.165) is 47.3 Å². The Balaban J connectivity index is 0.911. The maximum Gasteiger partial charge on any atom is 0.262 e. The van der Waals surface area contributed by atoms with Gasteiger partial charge in [0.2, 0.25) is 27.8 Å². The van der Waals surface area contributed by atoms with Crippen LogP contribution in [0.2, 0.25) is 0 Å². The minimum absolute atomic E-state index is 0.00646. The number of imide groups is 2. The number of sulfonamides is 1. The zero-order valence-corrected chi connectivity index (χ0v) is 31.0. The molecule has 1 aromatic heterocycles. The molecule has 0 radical (unpaired) electrons. The van der Waals surface area contributed by atoms with E-state index in [9.17, 15) is 27.6 Å². The number of nitrogens with zero attached hydrogens (tertiary/aromatic N) is 3. The largest absolute Gasteiger partial charge is 0.494 e. The van der Waals surface area contributed by atoms with Crippen molar-refractivity contribution in [3.8, 4) is 17.2 Å². The first kappa shape index (κ1) is 37.9. The van der Waals surface area contributed by atoms with Gasteiger partial charge in [-0.1, -0.05) is 38.1 Å². The quantitative estimate of drug-likeness (QED) is 0.119. The van der Waals surface area contributed by atoms with Crippen LogP contribution in [0.5, 0.6) is 17.2 Å². The van der Waals surface area contributed by atoms with E-state index in [-0.39, 0.29) is 41.9 Å². The summed E-state index contributed by atoms with van der Waals surface area (Å²) in [4.78, 5) is 58.7. The van der Waals surface area contributed by atoms with Crippen LogP contribution in [0, 0.1) is 0 Å². The number of anilines is 1. The molecule has 4 amide bonds. The van der Waals surface area contributed by atoms with Gasteiger partial charge in [-0.2, -0.15) is 0 Å². The number of carbonyl (C=O) groups is 4. The smallest absolute Gasteiger partial charge is 0.262 e. The van der Waals surface area contributed by atoms with E-state index in [1.807, 2.05) is 36.4 Å². The standard InChI is InChI=1S/C39H41N5O9S/c1-39(2,26-9-13-29(14-10-26)53-24-27-19-20-40-38(41-27)43-54(3,49)50)25-7-11-28(12-8-25)51-21-5-4-6-22-52-30-15-16-31-32(23-30)37(48)44(36(31)47)33-17-18-34(45)42-35(33)46/h7-16,19-20,23,33H,4-6,17-18,21-22,24H2,1-3H3,(H,40,41,43)(H,42,45,46). The summed E-state index contributed by atoms with van der Waals surface area (Å²) in [5.74, 6) is -0.291. The van der Waals surface area contributed by atoms with Crippen LogP contribution in [0.1, 0.15) is 83.5 Å². The van der Waals surface area contributed by atoms with Crippen LogP contribution in [0.25, 0.3) is 0 Å². The average molecular weight is 756 g/mol. The molecule has 0 aliphatic carbocycles. The van der Waals surface area contributed by atoms with Gasteiger partial charge in [-0.3, -0.25) is 34.1 Å². The van der Waals surface area contributed by atoms with E-state index in [1.54, 1.807) is 12.1 Å². The Bertz CT molecular complexity index is 2160. The minimum atomic E-state index is -3.48. The topological polar surface area (TPSA) is 183 Å². The highest BCUT2D eigenvalue weighted by atomic mass is 32.2. The highest BCUT2D eigenvalue weighted by Crippen LogP contribution is 2.34. The molecule has 1 atom stereocenters. The summed E-state index contributed by atoms with van der Waals surface area (Å²) < 4.78 is 42.9. The molecule has 4 aromatic rings. The molecule has 0 bridgehead atoms. The molecule has 2 N–H and O–H groups in total. The zero-order chi connectivity index (χ0) is 38.5. The molecule has 0 spiro atoms. The van der Waals surface area contributed by atoms with Crippen molar-refractivity contribution in [1.29, 1.82) is 0 Å². The molecule has 54 heavy (non-hydrogen) atoms. The predicted molar refractivity (Wildman–Crippen MR) is 198 cm³/mol. The van der Waals surface area contributed by atoms with Crippen molar-refractivity contribution in [2.24, 2.45) is 0 Å². The Kier molecular flexibility index (Phi) is 11.3. The minimum Gasteiger partial charge on any atom is -0.494 e. The normalized spacial score (nSPS) is 15.8. The second-order valence-corrected chi connectivity index (χ2v) is 15.4. The van der Waals surface area contributed by atoms with E-state index in [2.05, 4.69) is 46.0 Å². The number of aromatic nitrogens is 2. The number of ether oxygens (including phenoxy) is 3. The molecule has 14 nitrogen and oxygen atoms in total. The van der Waals surface area contributed by atoms with Crippen molar-refractivity contribution in [2.45, 2.75) is 64.0 Å². The van der Waals surface area contributed by atoms with Gasteiger partial charge in [0, 0.05) is 18.0 Å². The molecule has 2 aliphatic rings. The maximum atomic E-state index is 13.0. The van der Waals surface area contributed by atoms with Crippen molar-refractivity contribution in [3.05, 3.63) is 107 Å². The number of benzene rings is 3. The van der Waals surface area contributed by atoms with Gasteiger partial charge in [-0.15, -0.1) is 0 Å². The summed E-state index contributed by atoms with van der Waals surface area (Å²) >= 11 is 0.